The first-order valence-corrected chi connectivity index (χ1v) is 14.2. The van der Waals surface area contributed by atoms with Crippen LogP contribution in [-0.2, 0) is 0 Å². The summed E-state index contributed by atoms with van der Waals surface area (Å²) in [5, 5.41) is 27.2. The van der Waals surface area contributed by atoms with Gasteiger partial charge in [-0.05, 0) is 61.2 Å². The minimum Gasteiger partial charge on any atom is -0.394 e. The van der Waals surface area contributed by atoms with Gasteiger partial charge in [-0.1, -0.05) is 36.4 Å². The van der Waals surface area contributed by atoms with Crippen molar-refractivity contribution in [3.63, 3.8) is 0 Å². The molecular formula is C34H30F2N6O4. The predicted octanol–water partition coefficient (Wildman–Crippen LogP) is 5.53. The maximum Gasteiger partial charge on any atom is 0.274 e. The van der Waals surface area contributed by atoms with Gasteiger partial charge >= 0.3 is 0 Å². The number of hydrogen-bond acceptors (Lipinski definition) is 8. The van der Waals surface area contributed by atoms with Crippen molar-refractivity contribution in [1.29, 1.82) is 0 Å². The van der Waals surface area contributed by atoms with Crippen LogP contribution in [0.15, 0.2) is 102 Å². The van der Waals surface area contributed by atoms with Crippen LogP contribution in [0.2, 0.25) is 0 Å². The summed E-state index contributed by atoms with van der Waals surface area (Å²) < 4.78 is 28.9. The number of allylic oxidation sites excluding steroid dienone is 5. The fraction of sp³-hybridized carbons (Fsp3) is 0.147. The van der Waals surface area contributed by atoms with E-state index in [1.54, 1.807) is 30.5 Å². The van der Waals surface area contributed by atoms with Gasteiger partial charge in [0.25, 0.3) is 11.5 Å². The van der Waals surface area contributed by atoms with Crippen LogP contribution in [0.5, 0.6) is 0 Å². The molecule has 0 aliphatic carbocycles. The molecule has 5 aromatic rings. The summed E-state index contributed by atoms with van der Waals surface area (Å²) in [6.45, 7) is 2.15. The fourth-order valence-electron chi connectivity index (χ4n) is 4.66. The second kappa shape index (κ2) is 14.0. The molecule has 3 aromatic heterocycles. The number of aliphatic hydroxyl groups is 2. The summed E-state index contributed by atoms with van der Waals surface area (Å²) in [6.07, 6.45) is 5.76. The van der Waals surface area contributed by atoms with E-state index in [2.05, 4.69) is 25.6 Å². The number of aryl methyl sites for hydroxylation is 1. The van der Waals surface area contributed by atoms with Crippen LogP contribution in [0.25, 0.3) is 39.3 Å². The zero-order valence-electron chi connectivity index (χ0n) is 24.9. The van der Waals surface area contributed by atoms with E-state index < -0.39 is 42.4 Å². The molecule has 0 aliphatic rings. The number of benzene rings is 2. The number of halogens is 2. The number of aromatic nitrogens is 4. The maximum absolute atomic E-state index is 14.8. The van der Waals surface area contributed by atoms with Gasteiger partial charge in [0.15, 0.2) is 5.65 Å². The van der Waals surface area contributed by atoms with Crippen LogP contribution >= 0.6 is 0 Å². The van der Waals surface area contributed by atoms with Crippen LogP contribution in [0.1, 0.15) is 23.0 Å². The summed E-state index contributed by atoms with van der Waals surface area (Å²) >= 11 is 0. The molecule has 0 fully saturated rings. The van der Waals surface area contributed by atoms with Gasteiger partial charge in [-0.15, -0.1) is 0 Å². The van der Waals surface area contributed by atoms with E-state index in [0.29, 0.717) is 22.3 Å². The van der Waals surface area contributed by atoms with E-state index in [1.807, 2.05) is 31.2 Å². The van der Waals surface area contributed by atoms with Crippen molar-refractivity contribution in [2.75, 3.05) is 23.8 Å². The van der Waals surface area contributed by atoms with Crippen molar-refractivity contribution in [1.82, 2.24) is 19.5 Å². The van der Waals surface area contributed by atoms with Crippen LogP contribution in [0.3, 0.4) is 0 Å². The minimum absolute atomic E-state index is 0.0181. The molecule has 0 bridgehead atoms. The Hall–Kier alpha value is -5.59. The Morgan fingerprint density at radius 2 is 1.78 bits per heavy atom. The van der Waals surface area contributed by atoms with Gasteiger partial charge in [0.2, 0.25) is 5.95 Å². The molecule has 234 valence electrons. The monoisotopic (exact) mass is 624 g/mol. The number of nitrogens with one attached hydrogen (secondary N) is 2. The first-order chi connectivity index (χ1) is 22.2. The molecule has 0 saturated carbocycles. The Morgan fingerprint density at radius 1 is 1.02 bits per heavy atom. The first-order valence-electron chi connectivity index (χ1n) is 14.2. The topological polar surface area (TPSA) is 142 Å². The number of pyridine rings is 2. The third-order valence-electron chi connectivity index (χ3n) is 7.01. The van der Waals surface area contributed by atoms with E-state index in [4.69, 9.17) is 0 Å². The molecule has 4 N–H and O–H groups in total. The lowest BCUT2D eigenvalue weighted by Gasteiger charge is -2.17. The van der Waals surface area contributed by atoms with E-state index in [9.17, 15) is 28.6 Å². The lowest BCUT2D eigenvalue weighted by Crippen LogP contribution is -2.29. The minimum atomic E-state index is -0.853. The van der Waals surface area contributed by atoms with Gasteiger partial charge in [0, 0.05) is 40.5 Å². The van der Waals surface area contributed by atoms with Gasteiger partial charge in [0.1, 0.15) is 11.5 Å². The van der Waals surface area contributed by atoms with E-state index in [-0.39, 0.29) is 17.3 Å². The summed E-state index contributed by atoms with van der Waals surface area (Å²) in [7, 11) is 0. The molecule has 5 rings (SSSR count). The molecule has 0 spiro atoms. The highest BCUT2D eigenvalue weighted by Crippen LogP contribution is 2.32. The Bertz CT molecular complexity index is 2080. The average Bonchev–Trinajstić information content (AvgIpc) is 3.05. The number of nitrogens with zero attached hydrogens (tertiary/aromatic N) is 4. The molecule has 3 heterocycles. The number of rotatable bonds is 10. The average molecular weight is 625 g/mol. The Morgan fingerprint density at radius 3 is 2.52 bits per heavy atom. The molecule has 12 heteroatoms. The molecular weight excluding hydrogens is 594 g/mol. The molecule has 0 unspecified atom stereocenters. The standard InChI is InChI=1S/C34H30F2N6O4/c1-20-10-11-25(38-33(46)29-14-22-7-3-4-8-23(22)16-37-29)15-28(20)31-27-12-13-30(45)42(17-24(36)9-5-6-21(2)35)32(27)41-34(40-31)39-26(18-43)19-44/h3-17,26,43-44H,18-19H2,1-2H3,(H,38,46)(H,39,40,41)/b9-5-,21-6+,24-17-. The molecule has 2 aromatic carbocycles. The third-order valence-corrected chi connectivity index (χ3v) is 7.01. The smallest absolute Gasteiger partial charge is 0.274 e. The van der Waals surface area contributed by atoms with Gasteiger partial charge in [-0.2, -0.15) is 4.98 Å². The quantitative estimate of drug-likeness (QED) is 0.149. The van der Waals surface area contributed by atoms with E-state index in [0.717, 1.165) is 45.3 Å². The Labute approximate surface area is 262 Å². The second-order valence-corrected chi connectivity index (χ2v) is 10.4. The summed E-state index contributed by atoms with van der Waals surface area (Å²) in [4.78, 5) is 39.5. The van der Waals surface area contributed by atoms with Crippen LogP contribution in [0.4, 0.5) is 20.4 Å². The highest BCUT2D eigenvalue weighted by atomic mass is 19.1. The van der Waals surface area contributed by atoms with Crippen molar-refractivity contribution < 1.29 is 23.8 Å². The zero-order valence-corrected chi connectivity index (χ0v) is 24.9. The number of aliphatic hydroxyl groups excluding tert-OH is 2. The number of carbonyl (C=O) groups is 1. The first kappa shape index (κ1) is 31.8. The van der Waals surface area contributed by atoms with Crippen molar-refractivity contribution in [2.24, 2.45) is 0 Å². The highest BCUT2D eigenvalue weighted by molar-refractivity contribution is 6.05. The molecule has 10 nitrogen and oxygen atoms in total. The Balaban J connectivity index is 1.62. The molecule has 0 atom stereocenters. The number of carbonyl (C=O) groups excluding carboxylic acids is 1. The molecule has 0 saturated heterocycles. The largest absolute Gasteiger partial charge is 0.394 e. The summed E-state index contributed by atoms with van der Waals surface area (Å²) in [5.74, 6) is -1.85. The van der Waals surface area contributed by atoms with Gasteiger partial charge < -0.3 is 20.8 Å². The fourth-order valence-corrected chi connectivity index (χ4v) is 4.66. The van der Waals surface area contributed by atoms with Gasteiger partial charge in [-0.25, -0.2) is 13.8 Å². The lowest BCUT2D eigenvalue weighted by molar-refractivity contribution is 0.102. The second-order valence-electron chi connectivity index (χ2n) is 10.4. The molecule has 46 heavy (non-hydrogen) atoms. The normalized spacial score (nSPS) is 12.4. The van der Waals surface area contributed by atoms with Gasteiger partial charge in [0.05, 0.1) is 30.8 Å². The number of amides is 1. The number of fused-ring (bicyclic) bond motifs is 2. The SMILES string of the molecule is C\C(F)=C/C=C\C(F)=C\n1c(=O)ccc2c(-c3cc(NC(=O)c4cc5ccccc5cn4)ccc3C)nc(NC(CO)CO)nc21. The van der Waals surface area contributed by atoms with Crippen LogP contribution in [0, 0.1) is 6.92 Å². The van der Waals surface area contributed by atoms with E-state index >= 15 is 0 Å². The van der Waals surface area contributed by atoms with Crippen molar-refractivity contribution >= 4 is 45.5 Å². The van der Waals surface area contributed by atoms with Gasteiger partial charge in [-0.3, -0.25) is 19.1 Å². The summed E-state index contributed by atoms with van der Waals surface area (Å²) in [6, 6.07) is 16.4. The molecule has 0 aliphatic heterocycles. The molecule has 0 radical (unpaired) electrons. The predicted molar refractivity (Wildman–Crippen MR) is 175 cm³/mol. The summed E-state index contributed by atoms with van der Waals surface area (Å²) in [5.41, 5.74) is 1.71. The zero-order chi connectivity index (χ0) is 32.8. The third kappa shape index (κ3) is 7.20. The number of anilines is 2. The van der Waals surface area contributed by atoms with Crippen LogP contribution in [-0.4, -0.2) is 54.9 Å². The van der Waals surface area contributed by atoms with Crippen molar-refractivity contribution in [3.8, 4) is 11.3 Å². The van der Waals surface area contributed by atoms with Crippen LogP contribution < -0.4 is 16.2 Å². The number of hydrogen-bond donors (Lipinski definition) is 4. The lowest BCUT2D eigenvalue weighted by atomic mass is 10.0. The van der Waals surface area contributed by atoms with Crippen molar-refractivity contribution in [2.45, 2.75) is 19.9 Å². The van der Waals surface area contributed by atoms with E-state index in [1.165, 1.54) is 19.1 Å². The van der Waals surface area contributed by atoms with Crippen molar-refractivity contribution in [3.05, 3.63) is 118 Å². The maximum atomic E-state index is 14.8. The molecule has 1 amide bonds. The highest BCUT2D eigenvalue weighted by Gasteiger charge is 2.18. The Kier molecular flexibility index (Phi) is 9.70.